The Kier molecular flexibility index (Phi) is 2.65. The molecule has 0 fully saturated rings. The van der Waals surface area contributed by atoms with Crippen LogP contribution in [0.5, 0.6) is 5.75 Å². The summed E-state index contributed by atoms with van der Waals surface area (Å²) in [6, 6.07) is 0. The van der Waals surface area contributed by atoms with Gasteiger partial charge in [-0.3, -0.25) is 4.55 Å². The van der Waals surface area contributed by atoms with E-state index in [4.69, 9.17) is 9.29 Å². The lowest BCUT2D eigenvalue weighted by Crippen LogP contribution is -2.00. The standard InChI is InChI=1S/C7H10O4S2/c1-4-6(11-3)7(5(2)12-4)13(8,9)10/h1-3H3,(H,8,9,10). The van der Waals surface area contributed by atoms with Crippen LogP contribution in [-0.2, 0) is 10.1 Å². The lowest BCUT2D eigenvalue weighted by atomic mass is 10.4. The van der Waals surface area contributed by atoms with E-state index in [0.29, 0.717) is 4.88 Å². The molecule has 1 heterocycles. The van der Waals surface area contributed by atoms with Gasteiger partial charge in [-0.25, -0.2) is 0 Å². The van der Waals surface area contributed by atoms with Gasteiger partial charge in [-0.2, -0.15) is 8.42 Å². The van der Waals surface area contributed by atoms with E-state index >= 15 is 0 Å². The van der Waals surface area contributed by atoms with Crippen LogP contribution in [0.2, 0.25) is 0 Å². The maximum atomic E-state index is 10.9. The first kappa shape index (κ1) is 10.5. The molecule has 0 aliphatic carbocycles. The van der Waals surface area contributed by atoms with Crippen LogP contribution in [0.1, 0.15) is 9.75 Å². The minimum absolute atomic E-state index is 0.113. The average Bonchev–Trinajstić information content (AvgIpc) is 2.23. The molecular formula is C7H10O4S2. The molecule has 0 radical (unpaired) electrons. The maximum absolute atomic E-state index is 10.9. The van der Waals surface area contributed by atoms with Gasteiger partial charge in [0.05, 0.1) is 7.11 Å². The van der Waals surface area contributed by atoms with Crippen LogP contribution < -0.4 is 4.74 Å². The molecule has 1 rings (SSSR count). The Bertz CT molecular complexity index is 416. The van der Waals surface area contributed by atoms with Crippen molar-refractivity contribution in [3.05, 3.63) is 9.75 Å². The van der Waals surface area contributed by atoms with Crippen molar-refractivity contribution >= 4 is 21.5 Å². The van der Waals surface area contributed by atoms with E-state index in [1.807, 2.05) is 0 Å². The molecule has 0 saturated carbocycles. The Balaban J connectivity index is 3.52. The summed E-state index contributed by atoms with van der Waals surface area (Å²) in [6.07, 6.45) is 0. The largest absolute Gasteiger partial charge is 0.494 e. The molecule has 4 nitrogen and oxygen atoms in total. The zero-order valence-corrected chi connectivity index (χ0v) is 9.12. The Morgan fingerprint density at radius 1 is 1.31 bits per heavy atom. The lowest BCUT2D eigenvalue weighted by molar-refractivity contribution is 0.397. The van der Waals surface area contributed by atoms with Gasteiger partial charge in [0.2, 0.25) is 0 Å². The van der Waals surface area contributed by atoms with Crippen molar-refractivity contribution < 1.29 is 17.7 Å². The molecular weight excluding hydrogens is 212 g/mol. The van der Waals surface area contributed by atoms with Crippen molar-refractivity contribution in [1.29, 1.82) is 0 Å². The molecule has 13 heavy (non-hydrogen) atoms. The monoisotopic (exact) mass is 222 g/mol. The molecule has 1 aromatic heterocycles. The van der Waals surface area contributed by atoms with Gasteiger partial charge in [0, 0.05) is 9.75 Å². The predicted octanol–water partition coefficient (Wildman–Crippen LogP) is 1.62. The summed E-state index contributed by atoms with van der Waals surface area (Å²) in [4.78, 5) is 1.17. The van der Waals surface area contributed by atoms with E-state index < -0.39 is 10.1 Å². The predicted molar refractivity (Wildman–Crippen MR) is 50.2 cm³/mol. The molecule has 0 aromatic carbocycles. The SMILES string of the molecule is COc1c(C)sc(C)c1S(=O)(=O)O. The van der Waals surface area contributed by atoms with Gasteiger partial charge in [-0.15, -0.1) is 11.3 Å². The first-order chi connectivity index (χ1) is 5.88. The normalized spacial score (nSPS) is 11.7. The molecule has 0 spiro atoms. The number of rotatable bonds is 2. The number of aryl methyl sites for hydroxylation is 2. The minimum Gasteiger partial charge on any atom is -0.494 e. The first-order valence-corrected chi connectivity index (χ1v) is 5.75. The van der Waals surface area contributed by atoms with Gasteiger partial charge in [0.1, 0.15) is 4.90 Å². The number of thiophene rings is 1. The second-order valence-corrected chi connectivity index (χ2v) is 5.34. The number of ether oxygens (including phenoxy) is 1. The quantitative estimate of drug-likeness (QED) is 0.772. The third-order valence-corrected chi connectivity index (χ3v) is 3.75. The zero-order valence-electron chi connectivity index (χ0n) is 7.49. The summed E-state index contributed by atoms with van der Waals surface area (Å²) < 4.78 is 35.6. The van der Waals surface area contributed by atoms with E-state index in [1.54, 1.807) is 13.8 Å². The molecule has 0 bridgehead atoms. The van der Waals surface area contributed by atoms with Crippen LogP contribution in [0.4, 0.5) is 0 Å². The Labute approximate surface area is 80.9 Å². The Hall–Kier alpha value is -0.590. The Morgan fingerprint density at radius 2 is 1.85 bits per heavy atom. The number of hydrogen-bond acceptors (Lipinski definition) is 4. The Morgan fingerprint density at radius 3 is 2.15 bits per heavy atom. The zero-order chi connectivity index (χ0) is 10.2. The molecule has 0 amide bonds. The smallest absolute Gasteiger partial charge is 0.299 e. The minimum atomic E-state index is -4.17. The molecule has 0 atom stereocenters. The van der Waals surface area contributed by atoms with Crippen molar-refractivity contribution in [1.82, 2.24) is 0 Å². The third kappa shape index (κ3) is 1.84. The fraction of sp³-hybridized carbons (Fsp3) is 0.429. The van der Waals surface area contributed by atoms with Gasteiger partial charge < -0.3 is 4.74 Å². The first-order valence-electron chi connectivity index (χ1n) is 3.49. The maximum Gasteiger partial charge on any atom is 0.299 e. The van der Waals surface area contributed by atoms with Crippen molar-refractivity contribution in [2.75, 3.05) is 7.11 Å². The van der Waals surface area contributed by atoms with Crippen LogP contribution in [0.3, 0.4) is 0 Å². The van der Waals surface area contributed by atoms with E-state index in [9.17, 15) is 8.42 Å². The third-order valence-electron chi connectivity index (χ3n) is 1.61. The number of hydrogen-bond donors (Lipinski definition) is 1. The molecule has 1 aromatic rings. The van der Waals surface area contributed by atoms with E-state index in [0.717, 1.165) is 4.88 Å². The van der Waals surface area contributed by atoms with Crippen molar-refractivity contribution in [2.24, 2.45) is 0 Å². The second-order valence-electron chi connectivity index (χ2n) is 2.55. The van der Waals surface area contributed by atoms with E-state index in [-0.39, 0.29) is 10.6 Å². The summed E-state index contributed by atoms with van der Waals surface area (Å²) in [5.41, 5.74) is 0. The van der Waals surface area contributed by atoms with E-state index in [2.05, 4.69) is 0 Å². The fourth-order valence-corrected chi connectivity index (χ4v) is 3.44. The highest BCUT2D eigenvalue weighted by Crippen LogP contribution is 2.37. The highest BCUT2D eigenvalue weighted by atomic mass is 32.2. The summed E-state index contributed by atoms with van der Waals surface area (Å²) >= 11 is 1.28. The summed E-state index contributed by atoms with van der Waals surface area (Å²) in [5, 5.41) is 0. The second kappa shape index (κ2) is 3.28. The van der Waals surface area contributed by atoms with Gasteiger partial charge in [-0.05, 0) is 13.8 Å². The summed E-state index contributed by atoms with van der Waals surface area (Å²) in [7, 11) is -2.79. The van der Waals surface area contributed by atoms with Crippen molar-refractivity contribution in [2.45, 2.75) is 18.7 Å². The van der Waals surface area contributed by atoms with Crippen molar-refractivity contribution in [3.63, 3.8) is 0 Å². The lowest BCUT2D eigenvalue weighted by Gasteiger charge is -2.01. The molecule has 1 N–H and O–H groups in total. The highest BCUT2D eigenvalue weighted by molar-refractivity contribution is 7.86. The van der Waals surface area contributed by atoms with Gasteiger partial charge in [-0.1, -0.05) is 0 Å². The molecule has 0 aliphatic rings. The van der Waals surface area contributed by atoms with E-state index in [1.165, 1.54) is 18.4 Å². The molecule has 74 valence electrons. The summed E-state index contributed by atoms with van der Waals surface area (Å²) in [5.74, 6) is 0.241. The molecule has 0 aliphatic heterocycles. The van der Waals surface area contributed by atoms with Crippen LogP contribution >= 0.6 is 11.3 Å². The van der Waals surface area contributed by atoms with Crippen LogP contribution in [-0.4, -0.2) is 20.1 Å². The average molecular weight is 222 g/mol. The van der Waals surface area contributed by atoms with Gasteiger partial charge in [0.15, 0.2) is 5.75 Å². The number of methoxy groups -OCH3 is 1. The molecule has 0 unspecified atom stereocenters. The molecule has 0 saturated heterocycles. The van der Waals surface area contributed by atoms with Crippen LogP contribution in [0.15, 0.2) is 4.90 Å². The topological polar surface area (TPSA) is 63.6 Å². The molecule has 6 heteroatoms. The van der Waals surface area contributed by atoms with Gasteiger partial charge >= 0.3 is 0 Å². The van der Waals surface area contributed by atoms with Crippen molar-refractivity contribution in [3.8, 4) is 5.75 Å². The van der Waals surface area contributed by atoms with Gasteiger partial charge in [0.25, 0.3) is 10.1 Å². The van der Waals surface area contributed by atoms with Crippen LogP contribution in [0, 0.1) is 13.8 Å². The highest BCUT2D eigenvalue weighted by Gasteiger charge is 2.23. The van der Waals surface area contributed by atoms with Crippen LogP contribution in [0.25, 0.3) is 0 Å². The summed E-state index contributed by atoms with van der Waals surface area (Å²) in [6.45, 7) is 3.37. The fourth-order valence-electron chi connectivity index (χ4n) is 1.18.